The van der Waals surface area contributed by atoms with Crippen molar-refractivity contribution in [1.29, 1.82) is 0 Å². The summed E-state index contributed by atoms with van der Waals surface area (Å²) in [6.45, 7) is 2.13. The van der Waals surface area contributed by atoms with E-state index in [-0.39, 0.29) is 0 Å². The van der Waals surface area contributed by atoms with E-state index >= 15 is 0 Å². The number of hydrogen-bond acceptors (Lipinski definition) is 2. The fraction of sp³-hybridized carbons (Fsp3) is 0.500. The van der Waals surface area contributed by atoms with E-state index in [0.717, 1.165) is 13.1 Å². The second-order valence-corrected chi connectivity index (χ2v) is 4.35. The minimum Gasteiger partial charge on any atom is -0.313 e. The minimum absolute atomic E-state index is 1.00. The van der Waals surface area contributed by atoms with Crippen molar-refractivity contribution in [1.82, 2.24) is 5.32 Å². The summed E-state index contributed by atoms with van der Waals surface area (Å²) in [5.41, 5.74) is 1.37. The summed E-state index contributed by atoms with van der Waals surface area (Å²) in [6.07, 6.45) is 4.77. The van der Waals surface area contributed by atoms with Crippen LogP contribution in [0.1, 0.15) is 18.4 Å². The topological polar surface area (TPSA) is 12.0 Å². The lowest BCUT2D eigenvalue weighted by atomic mass is 10.2. The lowest BCUT2D eigenvalue weighted by Crippen LogP contribution is -2.14. The maximum Gasteiger partial charge on any atom is 0.0205 e. The van der Waals surface area contributed by atoms with Crippen LogP contribution < -0.4 is 5.32 Å². The number of benzene rings is 1. The van der Waals surface area contributed by atoms with Gasteiger partial charge in [-0.1, -0.05) is 30.3 Å². The Labute approximate surface area is 91.3 Å². The Bertz CT molecular complexity index is 223. The fourth-order valence-electron chi connectivity index (χ4n) is 1.32. The molecule has 0 spiro atoms. The zero-order valence-corrected chi connectivity index (χ0v) is 9.65. The van der Waals surface area contributed by atoms with E-state index in [9.17, 15) is 0 Å². The second-order valence-electron chi connectivity index (χ2n) is 3.36. The fourth-order valence-corrected chi connectivity index (χ4v) is 1.82. The molecule has 0 saturated heterocycles. The van der Waals surface area contributed by atoms with Crippen molar-refractivity contribution in [2.75, 3.05) is 18.6 Å². The van der Waals surface area contributed by atoms with Gasteiger partial charge in [0, 0.05) is 6.54 Å². The van der Waals surface area contributed by atoms with E-state index in [1.54, 1.807) is 0 Å². The molecular formula is C12H19NS. The SMILES string of the molecule is CSCCCCNCc1ccccc1. The van der Waals surface area contributed by atoms with E-state index < -0.39 is 0 Å². The summed E-state index contributed by atoms with van der Waals surface area (Å²) in [4.78, 5) is 0. The summed E-state index contributed by atoms with van der Waals surface area (Å²) < 4.78 is 0. The molecule has 0 heterocycles. The van der Waals surface area contributed by atoms with E-state index in [2.05, 4.69) is 41.9 Å². The van der Waals surface area contributed by atoms with Gasteiger partial charge in [0.2, 0.25) is 0 Å². The molecule has 0 atom stereocenters. The average Bonchev–Trinajstić information content (AvgIpc) is 2.25. The normalized spacial score (nSPS) is 10.4. The monoisotopic (exact) mass is 209 g/mol. The van der Waals surface area contributed by atoms with Gasteiger partial charge in [-0.05, 0) is 37.0 Å². The molecule has 0 radical (unpaired) electrons. The third-order valence-corrected chi connectivity index (χ3v) is 2.82. The van der Waals surface area contributed by atoms with Crippen LogP contribution in [-0.2, 0) is 6.54 Å². The van der Waals surface area contributed by atoms with E-state index in [0.29, 0.717) is 0 Å². The molecule has 0 saturated carbocycles. The minimum atomic E-state index is 1.00. The van der Waals surface area contributed by atoms with Crippen LogP contribution in [0, 0.1) is 0 Å². The summed E-state index contributed by atoms with van der Waals surface area (Å²) in [5.74, 6) is 1.28. The Kier molecular flexibility index (Phi) is 6.54. The van der Waals surface area contributed by atoms with Gasteiger partial charge in [-0.3, -0.25) is 0 Å². The maximum atomic E-state index is 3.45. The Morgan fingerprint density at radius 2 is 1.93 bits per heavy atom. The van der Waals surface area contributed by atoms with Gasteiger partial charge in [-0.2, -0.15) is 11.8 Å². The summed E-state index contributed by atoms with van der Waals surface area (Å²) in [7, 11) is 0. The zero-order chi connectivity index (χ0) is 10.1. The predicted octanol–water partition coefficient (Wildman–Crippen LogP) is 2.92. The Hall–Kier alpha value is -0.470. The van der Waals surface area contributed by atoms with Crippen LogP contribution in [0.2, 0.25) is 0 Å². The van der Waals surface area contributed by atoms with Crippen molar-refractivity contribution in [3.8, 4) is 0 Å². The molecule has 0 aromatic heterocycles. The van der Waals surface area contributed by atoms with Crippen molar-refractivity contribution < 1.29 is 0 Å². The number of rotatable bonds is 7. The van der Waals surface area contributed by atoms with Crippen molar-refractivity contribution in [3.63, 3.8) is 0 Å². The van der Waals surface area contributed by atoms with Crippen molar-refractivity contribution in [2.45, 2.75) is 19.4 Å². The third kappa shape index (κ3) is 5.30. The van der Waals surface area contributed by atoms with Gasteiger partial charge in [-0.25, -0.2) is 0 Å². The quantitative estimate of drug-likeness (QED) is 0.693. The average molecular weight is 209 g/mol. The molecule has 1 aromatic carbocycles. The van der Waals surface area contributed by atoms with Crippen molar-refractivity contribution >= 4 is 11.8 Å². The summed E-state index contributed by atoms with van der Waals surface area (Å²) in [6, 6.07) is 10.6. The van der Waals surface area contributed by atoms with Crippen molar-refractivity contribution in [3.05, 3.63) is 35.9 Å². The lowest BCUT2D eigenvalue weighted by Gasteiger charge is -2.03. The van der Waals surface area contributed by atoms with E-state index in [1.165, 1.54) is 24.2 Å². The first-order valence-corrected chi connectivity index (χ1v) is 6.56. The van der Waals surface area contributed by atoms with E-state index in [4.69, 9.17) is 0 Å². The Balaban J connectivity index is 1.99. The standard InChI is InChI=1S/C12H19NS/c1-14-10-6-5-9-13-11-12-7-3-2-4-8-12/h2-4,7-8,13H,5-6,9-11H2,1H3. The van der Waals surface area contributed by atoms with Crippen LogP contribution in [0.25, 0.3) is 0 Å². The first-order valence-electron chi connectivity index (χ1n) is 5.17. The number of hydrogen-bond donors (Lipinski definition) is 1. The number of thioether (sulfide) groups is 1. The molecular weight excluding hydrogens is 190 g/mol. The molecule has 1 nitrogen and oxygen atoms in total. The molecule has 1 rings (SSSR count). The van der Waals surface area contributed by atoms with Gasteiger partial charge >= 0.3 is 0 Å². The Morgan fingerprint density at radius 3 is 2.64 bits per heavy atom. The third-order valence-electron chi connectivity index (χ3n) is 2.12. The predicted molar refractivity (Wildman–Crippen MR) is 65.8 cm³/mol. The van der Waals surface area contributed by atoms with Crippen LogP contribution in [0.5, 0.6) is 0 Å². The Morgan fingerprint density at radius 1 is 1.14 bits per heavy atom. The number of nitrogens with one attached hydrogen (secondary N) is 1. The molecule has 0 aliphatic carbocycles. The van der Waals surface area contributed by atoms with Crippen LogP contribution in [0.3, 0.4) is 0 Å². The van der Waals surface area contributed by atoms with Gasteiger partial charge in [0.1, 0.15) is 0 Å². The smallest absolute Gasteiger partial charge is 0.0205 e. The largest absolute Gasteiger partial charge is 0.313 e. The highest BCUT2D eigenvalue weighted by molar-refractivity contribution is 7.98. The molecule has 1 N–H and O–H groups in total. The van der Waals surface area contributed by atoms with Crippen LogP contribution >= 0.6 is 11.8 Å². The molecule has 0 aliphatic rings. The molecule has 0 unspecified atom stereocenters. The van der Waals surface area contributed by atoms with Gasteiger partial charge in [0.05, 0.1) is 0 Å². The van der Waals surface area contributed by atoms with Gasteiger partial charge in [-0.15, -0.1) is 0 Å². The summed E-state index contributed by atoms with van der Waals surface area (Å²) >= 11 is 1.93. The molecule has 78 valence electrons. The maximum absolute atomic E-state index is 3.45. The highest BCUT2D eigenvalue weighted by Gasteiger charge is 1.90. The molecule has 0 aliphatic heterocycles. The van der Waals surface area contributed by atoms with Crippen LogP contribution in [0.15, 0.2) is 30.3 Å². The van der Waals surface area contributed by atoms with Gasteiger partial charge in [0.15, 0.2) is 0 Å². The van der Waals surface area contributed by atoms with E-state index in [1.807, 2.05) is 11.8 Å². The second kappa shape index (κ2) is 7.89. The summed E-state index contributed by atoms with van der Waals surface area (Å²) in [5, 5.41) is 3.45. The molecule has 14 heavy (non-hydrogen) atoms. The molecule has 2 heteroatoms. The first kappa shape index (κ1) is 11.6. The van der Waals surface area contributed by atoms with Crippen LogP contribution in [-0.4, -0.2) is 18.6 Å². The molecule has 0 amide bonds. The number of unbranched alkanes of at least 4 members (excludes halogenated alkanes) is 1. The first-order chi connectivity index (χ1) is 6.93. The highest BCUT2D eigenvalue weighted by atomic mass is 32.2. The molecule has 0 fully saturated rings. The van der Waals surface area contributed by atoms with Crippen molar-refractivity contribution in [2.24, 2.45) is 0 Å². The zero-order valence-electron chi connectivity index (χ0n) is 8.83. The van der Waals surface area contributed by atoms with Gasteiger partial charge < -0.3 is 5.32 Å². The van der Waals surface area contributed by atoms with Crippen LogP contribution in [0.4, 0.5) is 0 Å². The van der Waals surface area contributed by atoms with Gasteiger partial charge in [0.25, 0.3) is 0 Å². The highest BCUT2D eigenvalue weighted by Crippen LogP contribution is 1.99. The lowest BCUT2D eigenvalue weighted by molar-refractivity contribution is 0.644. The molecule has 1 aromatic rings. The molecule has 0 bridgehead atoms.